The van der Waals surface area contributed by atoms with Gasteiger partial charge in [0.2, 0.25) is 0 Å². The second-order valence-electron chi connectivity index (χ2n) is 5.80. The molecule has 1 fully saturated rings. The lowest BCUT2D eigenvalue weighted by Gasteiger charge is -2.21. The summed E-state index contributed by atoms with van der Waals surface area (Å²) in [5, 5.41) is 4.39. The van der Waals surface area contributed by atoms with Gasteiger partial charge in [0, 0.05) is 29.1 Å². The Balaban J connectivity index is 1.80. The zero-order valence-electron chi connectivity index (χ0n) is 12.5. The van der Waals surface area contributed by atoms with Crippen molar-refractivity contribution in [1.82, 2.24) is 9.78 Å². The monoisotopic (exact) mass is 325 g/mol. The number of nitrogens with zero attached hydrogens (tertiary/aromatic N) is 2. The van der Waals surface area contributed by atoms with Crippen LogP contribution in [-0.4, -0.2) is 16.1 Å². The smallest absolute Gasteiger partial charge is 0.406 e. The highest BCUT2D eigenvalue weighted by Crippen LogP contribution is 2.33. The summed E-state index contributed by atoms with van der Waals surface area (Å²) in [5.41, 5.74) is 7.56. The Morgan fingerprint density at radius 2 is 1.91 bits per heavy atom. The molecule has 0 amide bonds. The fourth-order valence-electron chi connectivity index (χ4n) is 3.02. The lowest BCUT2D eigenvalue weighted by Crippen LogP contribution is -2.17. The van der Waals surface area contributed by atoms with Crippen LogP contribution in [0.3, 0.4) is 0 Å². The number of alkyl halides is 3. The predicted octanol–water partition coefficient (Wildman–Crippen LogP) is 4.54. The van der Waals surface area contributed by atoms with Gasteiger partial charge < -0.3 is 10.5 Å². The van der Waals surface area contributed by atoms with Crippen molar-refractivity contribution >= 4 is 5.69 Å². The Bertz CT molecular complexity index is 675. The average Bonchev–Trinajstić information content (AvgIpc) is 2.96. The first kappa shape index (κ1) is 15.7. The van der Waals surface area contributed by atoms with Crippen LogP contribution in [0, 0.1) is 0 Å². The average molecular weight is 325 g/mol. The van der Waals surface area contributed by atoms with Crippen molar-refractivity contribution in [1.29, 1.82) is 0 Å². The Morgan fingerprint density at radius 1 is 1.17 bits per heavy atom. The molecule has 1 aromatic heterocycles. The van der Waals surface area contributed by atoms with Crippen molar-refractivity contribution in [2.75, 3.05) is 5.73 Å². The van der Waals surface area contributed by atoms with Crippen LogP contribution in [-0.2, 0) is 0 Å². The van der Waals surface area contributed by atoms with E-state index in [0.717, 1.165) is 18.4 Å². The number of benzene rings is 1. The van der Waals surface area contributed by atoms with E-state index in [-0.39, 0.29) is 11.4 Å². The first-order chi connectivity index (χ1) is 10.9. The summed E-state index contributed by atoms with van der Waals surface area (Å²) in [6, 6.07) is 4.36. The number of halogens is 3. The summed E-state index contributed by atoms with van der Waals surface area (Å²) in [6.07, 6.45) is 4.76. The lowest BCUT2D eigenvalue weighted by atomic mass is 9.96. The molecular formula is C16H18F3N3O. The van der Waals surface area contributed by atoms with Gasteiger partial charge in [-0.1, -0.05) is 19.3 Å². The fraction of sp³-hybridized carbons (Fsp3) is 0.438. The number of rotatable bonds is 3. The molecule has 0 unspecified atom stereocenters. The highest BCUT2D eigenvalue weighted by atomic mass is 19.4. The maximum Gasteiger partial charge on any atom is 0.573 e. The molecule has 0 saturated heterocycles. The maximum atomic E-state index is 12.2. The summed E-state index contributed by atoms with van der Waals surface area (Å²) in [6.45, 7) is 0. The number of ether oxygens (including phenoxy) is 1. The Hall–Kier alpha value is -2.18. The Morgan fingerprint density at radius 3 is 2.57 bits per heavy atom. The second-order valence-corrected chi connectivity index (χ2v) is 5.80. The van der Waals surface area contributed by atoms with Crippen molar-refractivity contribution < 1.29 is 17.9 Å². The highest BCUT2D eigenvalue weighted by molar-refractivity contribution is 5.76. The van der Waals surface area contributed by atoms with Crippen LogP contribution < -0.4 is 10.5 Å². The summed E-state index contributed by atoms with van der Waals surface area (Å²) >= 11 is 0. The molecule has 0 bridgehead atoms. The van der Waals surface area contributed by atoms with Crippen LogP contribution >= 0.6 is 0 Å². The van der Waals surface area contributed by atoms with Crippen LogP contribution in [0.2, 0.25) is 0 Å². The molecule has 23 heavy (non-hydrogen) atoms. The minimum absolute atomic E-state index is 0.231. The van der Waals surface area contributed by atoms with Gasteiger partial charge in [-0.2, -0.15) is 5.10 Å². The van der Waals surface area contributed by atoms with E-state index < -0.39 is 6.36 Å². The van der Waals surface area contributed by atoms with E-state index in [1.165, 1.54) is 37.5 Å². The molecule has 0 radical (unpaired) electrons. The zero-order chi connectivity index (χ0) is 16.4. The molecule has 3 rings (SSSR count). The van der Waals surface area contributed by atoms with Gasteiger partial charge in [-0.3, -0.25) is 4.68 Å². The molecule has 2 N–H and O–H groups in total. The Kier molecular flexibility index (Phi) is 4.19. The van der Waals surface area contributed by atoms with Gasteiger partial charge in [0.05, 0.1) is 12.2 Å². The van der Waals surface area contributed by atoms with Gasteiger partial charge in [0.25, 0.3) is 0 Å². The maximum absolute atomic E-state index is 12.2. The highest BCUT2D eigenvalue weighted by Gasteiger charge is 2.31. The van der Waals surface area contributed by atoms with Gasteiger partial charge in [-0.05, 0) is 25.0 Å². The van der Waals surface area contributed by atoms with Crippen LogP contribution in [0.15, 0.2) is 30.6 Å². The zero-order valence-corrected chi connectivity index (χ0v) is 12.5. The van der Waals surface area contributed by atoms with E-state index in [9.17, 15) is 13.2 Å². The standard InChI is InChI=1S/C16H18F3N3O/c17-16(18,19)23-13-6-7-14(15(20)8-13)11-9-21-22(10-11)12-4-2-1-3-5-12/h6-10,12H,1-5,20H2. The van der Waals surface area contributed by atoms with Crippen molar-refractivity contribution in [3.63, 3.8) is 0 Å². The fourth-order valence-corrected chi connectivity index (χ4v) is 3.02. The minimum atomic E-state index is -4.72. The molecule has 7 heteroatoms. The summed E-state index contributed by atoms with van der Waals surface area (Å²) in [7, 11) is 0. The quantitative estimate of drug-likeness (QED) is 0.843. The van der Waals surface area contributed by atoms with E-state index in [2.05, 4.69) is 9.84 Å². The summed E-state index contributed by atoms with van der Waals surface area (Å²) < 4.78 is 42.5. The van der Waals surface area contributed by atoms with Crippen molar-refractivity contribution in [3.8, 4) is 16.9 Å². The van der Waals surface area contributed by atoms with E-state index in [0.29, 0.717) is 11.6 Å². The molecule has 4 nitrogen and oxygen atoms in total. The minimum Gasteiger partial charge on any atom is -0.406 e. The lowest BCUT2D eigenvalue weighted by molar-refractivity contribution is -0.274. The topological polar surface area (TPSA) is 53.1 Å². The largest absolute Gasteiger partial charge is 0.573 e. The Labute approximate surface area is 132 Å². The van der Waals surface area contributed by atoms with E-state index in [4.69, 9.17) is 5.73 Å². The number of nitrogens with two attached hydrogens (primary N) is 1. The van der Waals surface area contributed by atoms with Crippen LogP contribution in [0.4, 0.5) is 18.9 Å². The van der Waals surface area contributed by atoms with Gasteiger partial charge in [-0.25, -0.2) is 0 Å². The van der Waals surface area contributed by atoms with Crippen LogP contribution in [0.25, 0.3) is 11.1 Å². The molecular weight excluding hydrogens is 307 g/mol. The van der Waals surface area contributed by atoms with E-state index in [1.54, 1.807) is 6.20 Å². The molecule has 1 aliphatic rings. The SMILES string of the molecule is Nc1cc(OC(F)(F)F)ccc1-c1cnn(C2CCCCC2)c1. The molecule has 0 spiro atoms. The normalized spacial score (nSPS) is 16.5. The summed E-state index contributed by atoms with van der Waals surface area (Å²) in [4.78, 5) is 0. The third-order valence-corrected chi connectivity index (χ3v) is 4.12. The number of hydrogen-bond donors (Lipinski definition) is 1. The first-order valence-corrected chi connectivity index (χ1v) is 7.62. The number of anilines is 1. The van der Waals surface area contributed by atoms with Crippen molar-refractivity contribution in [2.45, 2.75) is 44.5 Å². The molecule has 124 valence electrons. The molecule has 1 heterocycles. The molecule has 0 atom stereocenters. The van der Waals surface area contributed by atoms with Gasteiger partial charge in [0.1, 0.15) is 5.75 Å². The van der Waals surface area contributed by atoms with Crippen molar-refractivity contribution in [3.05, 3.63) is 30.6 Å². The molecule has 0 aliphatic heterocycles. The van der Waals surface area contributed by atoms with Crippen LogP contribution in [0.5, 0.6) is 5.75 Å². The molecule has 1 aliphatic carbocycles. The molecule has 1 aromatic carbocycles. The number of aromatic nitrogens is 2. The van der Waals surface area contributed by atoms with E-state index in [1.807, 2.05) is 10.9 Å². The number of nitrogen functional groups attached to an aromatic ring is 1. The molecule has 1 saturated carbocycles. The van der Waals surface area contributed by atoms with Gasteiger partial charge >= 0.3 is 6.36 Å². The summed E-state index contributed by atoms with van der Waals surface area (Å²) in [5.74, 6) is -0.321. The van der Waals surface area contributed by atoms with Gasteiger partial charge in [0.15, 0.2) is 0 Å². The van der Waals surface area contributed by atoms with Crippen LogP contribution in [0.1, 0.15) is 38.1 Å². The van der Waals surface area contributed by atoms with Crippen molar-refractivity contribution in [2.24, 2.45) is 0 Å². The first-order valence-electron chi connectivity index (χ1n) is 7.62. The predicted molar refractivity (Wildman–Crippen MR) is 80.9 cm³/mol. The third kappa shape index (κ3) is 3.78. The van der Waals surface area contributed by atoms with E-state index >= 15 is 0 Å². The second kappa shape index (κ2) is 6.14. The van der Waals surface area contributed by atoms with Gasteiger partial charge in [-0.15, -0.1) is 13.2 Å². The molecule has 2 aromatic rings. The third-order valence-electron chi connectivity index (χ3n) is 4.12. The number of hydrogen-bond acceptors (Lipinski definition) is 3.